The Kier molecular flexibility index (Phi) is 5.61. The predicted octanol–water partition coefficient (Wildman–Crippen LogP) is 1.59. The van der Waals surface area contributed by atoms with Crippen molar-refractivity contribution < 1.29 is 8.42 Å². The van der Waals surface area contributed by atoms with Gasteiger partial charge in [-0.25, -0.2) is 8.42 Å². The predicted molar refractivity (Wildman–Crippen MR) is 63.8 cm³/mol. The fourth-order valence-electron chi connectivity index (χ4n) is 2.07. The molecule has 0 aromatic carbocycles. The SMILES string of the molecule is CCS(=O)(=O)CCCC1CCCCNC1. The van der Waals surface area contributed by atoms with E-state index < -0.39 is 9.84 Å². The van der Waals surface area contributed by atoms with Gasteiger partial charge in [0.25, 0.3) is 0 Å². The summed E-state index contributed by atoms with van der Waals surface area (Å²) in [5.41, 5.74) is 0. The summed E-state index contributed by atoms with van der Waals surface area (Å²) in [4.78, 5) is 0. The van der Waals surface area contributed by atoms with Crippen molar-refractivity contribution >= 4 is 9.84 Å². The second-order valence-corrected chi connectivity index (χ2v) is 6.92. The van der Waals surface area contributed by atoms with E-state index in [9.17, 15) is 8.42 Å². The average Bonchev–Trinajstić information content (AvgIpc) is 2.46. The van der Waals surface area contributed by atoms with Crippen LogP contribution in [0.15, 0.2) is 0 Å². The Morgan fingerprint density at radius 3 is 2.87 bits per heavy atom. The van der Waals surface area contributed by atoms with Gasteiger partial charge in [0.15, 0.2) is 0 Å². The van der Waals surface area contributed by atoms with Crippen molar-refractivity contribution in [1.82, 2.24) is 5.32 Å². The number of rotatable bonds is 5. The Hall–Kier alpha value is -0.0900. The molecule has 1 rings (SSSR count). The lowest BCUT2D eigenvalue weighted by Crippen LogP contribution is -2.21. The maximum Gasteiger partial charge on any atom is 0.150 e. The second-order valence-electron chi connectivity index (χ2n) is 4.44. The van der Waals surface area contributed by atoms with Crippen molar-refractivity contribution in [3.05, 3.63) is 0 Å². The van der Waals surface area contributed by atoms with Crippen LogP contribution in [0, 0.1) is 5.92 Å². The van der Waals surface area contributed by atoms with Crippen molar-refractivity contribution in [2.75, 3.05) is 24.6 Å². The minimum atomic E-state index is -2.75. The van der Waals surface area contributed by atoms with E-state index in [2.05, 4.69) is 5.32 Å². The molecule has 0 spiro atoms. The first-order valence-corrected chi connectivity index (χ1v) is 7.87. The summed E-state index contributed by atoms with van der Waals surface area (Å²) < 4.78 is 22.6. The number of nitrogens with one attached hydrogen (secondary N) is 1. The number of hydrogen-bond donors (Lipinski definition) is 1. The standard InChI is InChI=1S/C11H23NO2S/c1-2-15(13,14)9-5-7-11-6-3-4-8-12-10-11/h11-12H,2-10H2,1H3. The molecule has 0 saturated carbocycles. The zero-order valence-corrected chi connectivity index (χ0v) is 10.5. The molecule has 1 fully saturated rings. The molecule has 90 valence electrons. The first-order chi connectivity index (χ1) is 7.14. The topological polar surface area (TPSA) is 46.2 Å². The van der Waals surface area contributed by atoms with E-state index >= 15 is 0 Å². The van der Waals surface area contributed by atoms with Crippen LogP contribution in [0.3, 0.4) is 0 Å². The summed E-state index contributed by atoms with van der Waals surface area (Å²) in [5.74, 6) is 1.36. The molecule has 0 aliphatic carbocycles. The van der Waals surface area contributed by atoms with Gasteiger partial charge in [0.1, 0.15) is 9.84 Å². The Morgan fingerprint density at radius 1 is 1.33 bits per heavy atom. The third-order valence-electron chi connectivity index (χ3n) is 3.16. The molecule has 1 N–H and O–H groups in total. The highest BCUT2D eigenvalue weighted by molar-refractivity contribution is 7.91. The van der Waals surface area contributed by atoms with E-state index in [0.29, 0.717) is 11.7 Å². The van der Waals surface area contributed by atoms with Crippen LogP contribution in [-0.2, 0) is 9.84 Å². The van der Waals surface area contributed by atoms with E-state index in [4.69, 9.17) is 0 Å². The Morgan fingerprint density at radius 2 is 2.13 bits per heavy atom. The fourth-order valence-corrected chi connectivity index (χ4v) is 2.97. The first kappa shape index (κ1) is 13.0. The minimum absolute atomic E-state index is 0.288. The summed E-state index contributed by atoms with van der Waals surface area (Å²) >= 11 is 0. The molecular formula is C11H23NO2S. The van der Waals surface area contributed by atoms with Gasteiger partial charge >= 0.3 is 0 Å². The third-order valence-corrected chi connectivity index (χ3v) is 4.95. The second kappa shape index (κ2) is 6.48. The molecule has 15 heavy (non-hydrogen) atoms. The number of sulfone groups is 1. The zero-order chi connectivity index (χ0) is 11.1. The molecule has 0 amide bonds. The molecule has 1 aliphatic heterocycles. The summed E-state index contributed by atoms with van der Waals surface area (Å²) in [6, 6.07) is 0. The minimum Gasteiger partial charge on any atom is -0.316 e. The summed E-state index contributed by atoms with van der Waals surface area (Å²) in [7, 11) is -2.75. The molecule has 0 bridgehead atoms. The molecule has 1 aliphatic rings. The quantitative estimate of drug-likeness (QED) is 0.784. The monoisotopic (exact) mass is 233 g/mol. The lowest BCUT2D eigenvalue weighted by Gasteiger charge is -2.13. The Labute approximate surface area is 93.6 Å². The van der Waals surface area contributed by atoms with Crippen molar-refractivity contribution in [2.45, 2.75) is 39.0 Å². The molecule has 1 heterocycles. The van der Waals surface area contributed by atoms with Gasteiger partial charge in [-0.1, -0.05) is 13.3 Å². The van der Waals surface area contributed by atoms with Crippen LogP contribution in [0.4, 0.5) is 0 Å². The smallest absolute Gasteiger partial charge is 0.150 e. The van der Waals surface area contributed by atoms with Crippen LogP contribution in [0.1, 0.15) is 39.0 Å². The van der Waals surface area contributed by atoms with Gasteiger partial charge < -0.3 is 5.32 Å². The molecule has 0 aromatic rings. The van der Waals surface area contributed by atoms with Crippen LogP contribution in [0.2, 0.25) is 0 Å². The summed E-state index contributed by atoms with van der Waals surface area (Å²) in [5, 5.41) is 3.41. The molecule has 3 nitrogen and oxygen atoms in total. The van der Waals surface area contributed by atoms with E-state index in [1.165, 1.54) is 19.3 Å². The average molecular weight is 233 g/mol. The molecule has 1 saturated heterocycles. The van der Waals surface area contributed by atoms with Crippen LogP contribution < -0.4 is 5.32 Å². The van der Waals surface area contributed by atoms with Crippen molar-refractivity contribution in [1.29, 1.82) is 0 Å². The molecule has 1 atom stereocenters. The Balaban J connectivity index is 2.18. The van der Waals surface area contributed by atoms with Gasteiger partial charge in [0, 0.05) is 5.75 Å². The summed E-state index contributed by atoms with van der Waals surface area (Å²) in [6.07, 6.45) is 5.72. The van der Waals surface area contributed by atoms with Gasteiger partial charge in [-0.3, -0.25) is 0 Å². The molecule has 1 unspecified atom stereocenters. The van der Waals surface area contributed by atoms with Crippen LogP contribution in [0.25, 0.3) is 0 Å². The molecule has 0 aromatic heterocycles. The van der Waals surface area contributed by atoms with E-state index in [-0.39, 0.29) is 5.75 Å². The summed E-state index contributed by atoms with van der Waals surface area (Å²) in [6.45, 7) is 3.93. The first-order valence-electron chi connectivity index (χ1n) is 6.05. The van der Waals surface area contributed by atoms with Crippen LogP contribution >= 0.6 is 0 Å². The van der Waals surface area contributed by atoms with Crippen molar-refractivity contribution in [2.24, 2.45) is 5.92 Å². The van der Waals surface area contributed by atoms with Crippen molar-refractivity contribution in [3.63, 3.8) is 0 Å². The number of hydrogen-bond acceptors (Lipinski definition) is 3. The third kappa shape index (κ3) is 5.52. The highest BCUT2D eigenvalue weighted by Crippen LogP contribution is 2.17. The van der Waals surface area contributed by atoms with Gasteiger partial charge in [-0.2, -0.15) is 0 Å². The zero-order valence-electron chi connectivity index (χ0n) is 9.67. The van der Waals surface area contributed by atoms with E-state index in [1.807, 2.05) is 0 Å². The van der Waals surface area contributed by atoms with Gasteiger partial charge in [-0.15, -0.1) is 0 Å². The van der Waals surface area contributed by atoms with Gasteiger partial charge in [0.2, 0.25) is 0 Å². The highest BCUT2D eigenvalue weighted by atomic mass is 32.2. The van der Waals surface area contributed by atoms with E-state index in [0.717, 1.165) is 25.9 Å². The molecular weight excluding hydrogens is 210 g/mol. The van der Waals surface area contributed by atoms with Crippen LogP contribution in [-0.4, -0.2) is 33.0 Å². The maximum absolute atomic E-state index is 11.3. The lowest BCUT2D eigenvalue weighted by atomic mass is 9.98. The molecule has 4 heteroatoms. The van der Waals surface area contributed by atoms with Gasteiger partial charge in [0.05, 0.1) is 5.75 Å². The normalized spacial score (nSPS) is 23.7. The van der Waals surface area contributed by atoms with Crippen molar-refractivity contribution in [3.8, 4) is 0 Å². The Bertz CT molecular complexity index is 254. The lowest BCUT2D eigenvalue weighted by molar-refractivity contribution is 0.441. The fraction of sp³-hybridized carbons (Fsp3) is 1.00. The van der Waals surface area contributed by atoms with E-state index in [1.54, 1.807) is 6.92 Å². The highest BCUT2D eigenvalue weighted by Gasteiger charge is 2.13. The molecule has 0 radical (unpaired) electrons. The maximum atomic E-state index is 11.3. The van der Waals surface area contributed by atoms with Gasteiger partial charge in [-0.05, 0) is 44.7 Å². The largest absolute Gasteiger partial charge is 0.316 e. The van der Waals surface area contributed by atoms with Crippen LogP contribution in [0.5, 0.6) is 0 Å².